The van der Waals surface area contributed by atoms with Crippen LogP contribution in [0.25, 0.3) is 5.69 Å². The van der Waals surface area contributed by atoms with E-state index in [0.29, 0.717) is 5.69 Å². The maximum atomic E-state index is 11.4. The highest BCUT2D eigenvalue weighted by atomic mass is 16.2. The van der Waals surface area contributed by atoms with E-state index in [9.17, 15) is 9.59 Å². The molecule has 0 bridgehead atoms. The molecule has 0 atom stereocenters. The van der Waals surface area contributed by atoms with Crippen LogP contribution in [0.3, 0.4) is 0 Å². The summed E-state index contributed by atoms with van der Waals surface area (Å²) in [5, 5.41) is 0. The fraction of sp³-hybridized carbons (Fsp3) is 0. The minimum atomic E-state index is -0.614. The molecule has 2 aromatic rings. The van der Waals surface area contributed by atoms with Gasteiger partial charge in [-0.2, -0.15) is 0 Å². The Bertz CT molecular complexity index is 540. The zero-order valence-corrected chi connectivity index (χ0v) is 7.31. The van der Waals surface area contributed by atoms with E-state index in [1.54, 1.807) is 12.1 Å². The molecule has 0 saturated carbocycles. The lowest BCUT2D eigenvalue weighted by atomic mass is 10.3. The van der Waals surface area contributed by atoms with Gasteiger partial charge < -0.3 is 4.98 Å². The van der Waals surface area contributed by atoms with E-state index in [1.165, 1.54) is 17.0 Å². The van der Waals surface area contributed by atoms with Crippen LogP contribution in [0.5, 0.6) is 0 Å². The topological polar surface area (TPSA) is 54.9 Å². The standard InChI is InChI=1S/C10H8N2O2/c13-9-10(14)12(7-6-11-9)8-4-2-1-3-5-8/h1-7H,(H,11,13). The van der Waals surface area contributed by atoms with Crippen LogP contribution in [0.1, 0.15) is 0 Å². The van der Waals surface area contributed by atoms with Gasteiger partial charge in [0, 0.05) is 18.1 Å². The van der Waals surface area contributed by atoms with Crippen molar-refractivity contribution in [2.45, 2.75) is 0 Å². The number of hydrogen-bond acceptors (Lipinski definition) is 2. The van der Waals surface area contributed by atoms with Gasteiger partial charge in [0.05, 0.1) is 0 Å². The molecule has 0 aliphatic heterocycles. The number of nitrogens with zero attached hydrogens (tertiary/aromatic N) is 1. The van der Waals surface area contributed by atoms with Gasteiger partial charge in [-0.05, 0) is 12.1 Å². The average Bonchev–Trinajstić information content (AvgIpc) is 2.23. The van der Waals surface area contributed by atoms with Crippen molar-refractivity contribution in [3.63, 3.8) is 0 Å². The van der Waals surface area contributed by atoms with Gasteiger partial charge in [-0.15, -0.1) is 0 Å². The normalized spacial score (nSPS) is 10.0. The predicted molar refractivity (Wildman–Crippen MR) is 52.7 cm³/mol. The molecule has 70 valence electrons. The molecule has 0 unspecified atom stereocenters. The first-order chi connectivity index (χ1) is 6.79. The molecule has 0 aliphatic carbocycles. The average molecular weight is 188 g/mol. The molecule has 4 heteroatoms. The fourth-order valence-corrected chi connectivity index (χ4v) is 1.22. The molecule has 0 aliphatic rings. The highest BCUT2D eigenvalue weighted by Crippen LogP contribution is 2.01. The quantitative estimate of drug-likeness (QED) is 0.663. The Balaban J connectivity index is 2.70. The van der Waals surface area contributed by atoms with Crippen LogP contribution in [0.2, 0.25) is 0 Å². The molecule has 4 nitrogen and oxygen atoms in total. The summed E-state index contributed by atoms with van der Waals surface area (Å²) in [6.45, 7) is 0. The number of nitrogens with one attached hydrogen (secondary N) is 1. The highest BCUT2D eigenvalue weighted by Gasteiger charge is 1.99. The van der Waals surface area contributed by atoms with E-state index in [0.717, 1.165) is 0 Å². The zero-order chi connectivity index (χ0) is 9.97. The number of aromatic amines is 1. The number of H-pyrrole nitrogens is 1. The second-order valence-electron chi connectivity index (χ2n) is 2.80. The summed E-state index contributed by atoms with van der Waals surface area (Å²) in [5.41, 5.74) is -0.501. The summed E-state index contributed by atoms with van der Waals surface area (Å²) in [4.78, 5) is 24.7. The second kappa shape index (κ2) is 3.33. The van der Waals surface area contributed by atoms with Crippen molar-refractivity contribution in [1.29, 1.82) is 0 Å². The Morgan fingerprint density at radius 1 is 1.07 bits per heavy atom. The van der Waals surface area contributed by atoms with Crippen molar-refractivity contribution >= 4 is 0 Å². The summed E-state index contributed by atoms with van der Waals surface area (Å²) in [6.07, 6.45) is 2.97. The van der Waals surface area contributed by atoms with Crippen molar-refractivity contribution in [1.82, 2.24) is 9.55 Å². The Morgan fingerprint density at radius 3 is 2.50 bits per heavy atom. The van der Waals surface area contributed by atoms with E-state index >= 15 is 0 Å². The first-order valence-corrected chi connectivity index (χ1v) is 4.15. The summed E-state index contributed by atoms with van der Waals surface area (Å²) in [5.74, 6) is 0. The maximum absolute atomic E-state index is 11.4. The van der Waals surface area contributed by atoms with Crippen LogP contribution in [0.15, 0.2) is 52.3 Å². The minimum absolute atomic E-state index is 0.571. The van der Waals surface area contributed by atoms with Crippen molar-refractivity contribution in [2.75, 3.05) is 0 Å². The van der Waals surface area contributed by atoms with Gasteiger partial charge >= 0.3 is 11.1 Å². The first-order valence-electron chi connectivity index (χ1n) is 4.15. The molecular weight excluding hydrogens is 180 g/mol. The number of aromatic nitrogens is 2. The van der Waals surface area contributed by atoms with Gasteiger partial charge in [0.1, 0.15) is 0 Å². The van der Waals surface area contributed by atoms with Gasteiger partial charge in [0.15, 0.2) is 0 Å². The summed E-state index contributed by atoms with van der Waals surface area (Å²) >= 11 is 0. The minimum Gasteiger partial charge on any atom is -0.323 e. The van der Waals surface area contributed by atoms with Crippen LogP contribution < -0.4 is 11.1 Å². The van der Waals surface area contributed by atoms with Gasteiger partial charge in [0.25, 0.3) is 0 Å². The number of rotatable bonds is 1. The van der Waals surface area contributed by atoms with Gasteiger partial charge in [-0.25, -0.2) is 0 Å². The van der Waals surface area contributed by atoms with Gasteiger partial charge in [-0.3, -0.25) is 14.2 Å². The molecule has 1 heterocycles. The molecule has 0 radical (unpaired) electrons. The Hall–Kier alpha value is -2.10. The highest BCUT2D eigenvalue weighted by molar-refractivity contribution is 5.30. The lowest BCUT2D eigenvalue weighted by Crippen LogP contribution is -2.34. The van der Waals surface area contributed by atoms with Crippen LogP contribution >= 0.6 is 0 Å². The third kappa shape index (κ3) is 1.37. The van der Waals surface area contributed by atoms with Crippen molar-refractivity contribution < 1.29 is 0 Å². The van der Waals surface area contributed by atoms with Crippen LogP contribution in [0.4, 0.5) is 0 Å². The lowest BCUT2D eigenvalue weighted by molar-refractivity contribution is 0.928. The Labute approximate surface area is 79.5 Å². The third-order valence-corrected chi connectivity index (χ3v) is 1.89. The van der Waals surface area contributed by atoms with Crippen LogP contribution in [0, 0.1) is 0 Å². The van der Waals surface area contributed by atoms with E-state index in [2.05, 4.69) is 4.98 Å². The van der Waals surface area contributed by atoms with Crippen LogP contribution in [-0.4, -0.2) is 9.55 Å². The van der Waals surface area contributed by atoms with Crippen molar-refractivity contribution in [3.05, 3.63) is 63.4 Å². The van der Waals surface area contributed by atoms with Crippen molar-refractivity contribution in [3.8, 4) is 5.69 Å². The summed E-state index contributed by atoms with van der Waals surface area (Å²) in [6, 6.07) is 9.00. The molecule has 1 aromatic carbocycles. The molecule has 0 fully saturated rings. The predicted octanol–water partition coefficient (Wildman–Crippen LogP) is 0.526. The van der Waals surface area contributed by atoms with Gasteiger partial charge in [0.2, 0.25) is 0 Å². The molecule has 0 amide bonds. The Kier molecular flexibility index (Phi) is 2.02. The zero-order valence-electron chi connectivity index (χ0n) is 7.31. The van der Waals surface area contributed by atoms with E-state index in [-0.39, 0.29) is 0 Å². The lowest BCUT2D eigenvalue weighted by Gasteiger charge is -2.02. The van der Waals surface area contributed by atoms with Crippen molar-refractivity contribution in [2.24, 2.45) is 0 Å². The number of para-hydroxylation sites is 1. The smallest absolute Gasteiger partial charge is 0.320 e. The molecule has 0 saturated heterocycles. The SMILES string of the molecule is O=c1[nH]ccn(-c2ccccc2)c1=O. The molecule has 14 heavy (non-hydrogen) atoms. The van der Waals surface area contributed by atoms with E-state index < -0.39 is 11.1 Å². The Morgan fingerprint density at radius 2 is 1.79 bits per heavy atom. The molecule has 2 rings (SSSR count). The van der Waals surface area contributed by atoms with Gasteiger partial charge in [-0.1, -0.05) is 18.2 Å². The summed E-state index contributed by atoms with van der Waals surface area (Å²) in [7, 11) is 0. The second-order valence-corrected chi connectivity index (χ2v) is 2.80. The fourth-order valence-electron chi connectivity index (χ4n) is 1.22. The van der Waals surface area contributed by atoms with E-state index in [4.69, 9.17) is 0 Å². The van der Waals surface area contributed by atoms with E-state index in [1.807, 2.05) is 18.2 Å². The molecule has 1 aromatic heterocycles. The van der Waals surface area contributed by atoms with Crippen LogP contribution in [-0.2, 0) is 0 Å². The largest absolute Gasteiger partial charge is 0.323 e. The third-order valence-electron chi connectivity index (χ3n) is 1.89. The number of benzene rings is 1. The first kappa shape index (κ1) is 8.50. The molecular formula is C10H8N2O2. The molecule has 1 N–H and O–H groups in total. The summed E-state index contributed by atoms with van der Waals surface area (Å²) < 4.78 is 1.30. The molecule has 0 spiro atoms. The maximum Gasteiger partial charge on any atom is 0.320 e. The number of hydrogen-bond donors (Lipinski definition) is 1. The monoisotopic (exact) mass is 188 g/mol.